The number of hydrogen-bond acceptors (Lipinski definition) is 4. The molecule has 1 heterocycles. The van der Waals surface area contributed by atoms with Gasteiger partial charge in [-0.15, -0.1) is 0 Å². The summed E-state index contributed by atoms with van der Waals surface area (Å²) in [5.41, 5.74) is 1.44. The third-order valence-corrected chi connectivity index (χ3v) is 2.90. The lowest BCUT2D eigenvalue weighted by Crippen LogP contribution is -2.23. The van der Waals surface area contributed by atoms with Gasteiger partial charge >= 0.3 is 0 Å². The van der Waals surface area contributed by atoms with Gasteiger partial charge in [-0.2, -0.15) is 5.26 Å². The minimum Gasteiger partial charge on any atom is -0.449 e. The van der Waals surface area contributed by atoms with Crippen molar-refractivity contribution < 1.29 is 9.21 Å². The fourth-order valence-corrected chi connectivity index (χ4v) is 1.83. The number of anilines is 1. The van der Waals surface area contributed by atoms with Crippen LogP contribution < -0.4 is 10.6 Å². The Bertz CT molecular complexity index is 656. The van der Waals surface area contributed by atoms with E-state index >= 15 is 0 Å². The Balaban J connectivity index is 1.97. The topological polar surface area (TPSA) is 78.1 Å². The van der Waals surface area contributed by atoms with Gasteiger partial charge in [-0.1, -0.05) is 13.0 Å². The highest BCUT2D eigenvalue weighted by atomic mass is 16.3. The number of benzene rings is 1. The normalized spacial score (nSPS) is 9.90. The number of carbonyl (C=O) groups excluding carboxylic acids is 1. The molecule has 5 nitrogen and oxygen atoms in total. The molecule has 2 rings (SSSR count). The Morgan fingerprint density at radius 3 is 2.90 bits per heavy atom. The Kier molecular flexibility index (Phi) is 4.99. The molecule has 0 atom stereocenters. The number of nitrogens with zero attached hydrogens (tertiary/aromatic N) is 1. The first-order chi connectivity index (χ1) is 10.2. The second kappa shape index (κ2) is 7.15. The predicted octanol–water partition coefficient (Wildman–Crippen LogP) is 2.90. The van der Waals surface area contributed by atoms with Crippen molar-refractivity contribution in [3.63, 3.8) is 0 Å². The van der Waals surface area contributed by atoms with Crippen LogP contribution in [0.25, 0.3) is 0 Å². The molecule has 0 saturated heterocycles. The van der Waals surface area contributed by atoms with Crippen molar-refractivity contribution in [2.24, 2.45) is 0 Å². The predicted molar refractivity (Wildman–Crippen MR) is 79.8 cm³/mol. The minimum absolute atomic E-state index is 0.0785. The fourth-order valence-electron chi connectivity index (χ4n) is 1.83. The van der Waals surface area contributed by atoms with Crippen LogP contribution >= 0.6 is 0 Å². The van der Waals surface area contributed by atoms with Crippen molar-refractivity contribution in [1.29, 1.82) is 5.26 Å². The molecular weight excluding hydrogens is 266 g/mol. The van der Waals surface area contributed by atoms with E-state index in [9.17, 15) is 4.79 Å². The van der Waals surface area contributed by atoms with Crippen LogP contribution in [0.3, 0.4) is 0 Å². The Labute approximate surface area is 123 Å². The molecule has 0 fully saturated rings. The van der Waals surface area contributed by atoms with E-state index in [0.29, 0.717) is 30.2 Å². The highest BCUT2D eigenvalue weighted by Crippen LogP contribution is 2.13. The van der Waals surface area contributed by atoms with E-state index in [1.807, 2.05) is 25.1 Å². The zero-order chi connectivity index (χ0) is 15.1. The van der Waals surface area contributed by atoms with E-state index in [0.717, 1.165) is 12.1 Å². The molecule has 108 valence electrons. The molecule has 1 aromatic heterocycles. The molecule has 5 heteroatoms. The summed E-state index contributed by atoms with van der Waals surface area (Å²) in [5.74, 6) is 0.886. The highest BCUT2D eigenvalue weighted by Gasteiger charge is 2.06. The molecule has 0 radical (unpaired) electrons. The Morgan fingerprint density at radius 1 is 1.33 bits per heavy atom. The van der Waals surface area contributed by atoms with Crippen molar-refractivity contribution >= 4 is 11.6 Å². The van der Waals surface area contributed by atoms with Crippen molar-refractivity contribution in [1.82, 2.24) is 5.32 Å². The summed E-state index contributed by atoms with van der Waals surface area (Å²) >= 11 is 0. The van der Waals surface area contributed by atoms with E-state index in [1.165, 1.54) is 0 Å². The summed E-state index contributed by atoms with van der Waals surface area (Å²) in [6, 6.07) is 12.6. The Hall–Kier alpha value is -2.74. The number of nitrogens with one attached hydrogen (secondary N) is 2. The standard InChI is InChI=1S/C16H17N3O2/c1-2-8-18-16(20)12-4-3-5-13(9-12)19-11-15-7-6-14(10-17)21-15/h3-7,9,19H,2,8,11H2,1H3,(H,18,20). The molecule has 1 aromatic carbocycles. The van der Waals surface area contributed by atoms with Crippen LogP contribution in [0.2, 0.25) is 0 Å². The summed E-state index contributed by atoms with van der Waals surface area (Å²) in [6.45, 7) is 3.14. The van der Waals surface area contributed by atoms with Gasteiger partial charge in [0.15, 0.2) is 0 Å². The zero-order valence-electron chi connectivity index (χ0n) is 11.8. The van der Waals surface area contributed by atoms with Gasteiger partial charge in [0.05, 0.1) is 6.54 Å². The van der Waals surface area contributed by atoms with E-state index in [4.69, 9.17) is 9.68 Å². The second-order valence-electron chi connectivity index (χ2n) is 4.57. The lowest BCUT2D eigenvalue weighted by atomic mass is 10.2. The SMILES string of the molecule is CCCNC(=O)c1cccc(NCc2ccc(C#N)o2)c1. The van der Waals surface area contributed by atoms with Crippen LogP contribution in [0.4, 0.5) is 5.69 Å². The molecule has 2 aromatic rings. The van der Waals surface area contributed by atoms with E-state index in [2.05, 4.69) is 10.6 Å². The largest absolute Gasteiger partial charge is 0.449 e. The molecule has 2 N–H and O–H groups in total. The van der Waals surface area contributed by atoms with Crippen LogP contribution in [-0.2, 0) is 6.54 Å². The number of hydrogen-bond donors (Lipinski definition) is 2. The van der Waals surface area contributed by atoms with Gasteiger partial charge in [0.25, 0.3) is 5.91 Å². The molecule has 0 spiro atoms. The summed E-state index contributed by atoms with van der Waals surface area (Å²) in [6.07, 6.45) is 0.906. The maximum Gasteiger partial charge on any atom is 0.251 e. The molecular formula is C16H17N3O2. The van der Waals surface area contributed by atoms with Gasteiger partial charge in [0.2, 0.25) is 5.76 Å². The number of amides is 1. The molecule has 1 amide bonds. The first kappa shape index (κ1) is 14.7. The summed E-state index contributed by atoms with van der Waals surface area (Å²) < 4.78 is 5.28. The van der Waals surface area contributed by atoms with Crippen LogP contribution in [0.1, 0.15) is 35.2 Å². The van der Waals surface area contributed by atoms with Crippen molar-refractivity contribution in [2.45, 2.75) is 19.9 Å². The van der Waals surface area contributed by atoms with Crippen LogP contribution in [0.5, 0.6) is 0 Å². The van der Waals surface area contributed by atoms with E-state index < -0.39 is 0 Å². The molecule has 0 aliphatic carbocycles. The first-order valence-electron chi connectivity index (χ1n) is 6.84. The van der Waals surface area contributed by atoms with Crippen molar-refractivity contribution in [3.05, 3.63) is 53.5 Å². The summed E-state index contributed by atoms with van der Waals surface area (Å²) in [4.78, 5) is 11.9. The Morgan fingerprint density at radius 2 is 2.19 bits per heavy atom. The molecule has 21 heavy (non-hydrogen) atoms. The quantitative estimate of drug-likeness (QED) is 0.854. The van der Waals surface area contributed by atoms with Crippen LogP contribution in [-0.4, -0.2) is 12.5 Å². The number of carbonyl (C=O) groups is 1. The molecule has 0 bridgehead atoms. The average Bonchev–Trinajstić information content (AvgIpc) is 2.99. The maximum atomic E-state index is 11.9. The van der Waals surface area contributed by atoms with Crippen molar-refractivity contribution in [2.75, 3.05) is 11.9 Å². The third kappa shape index (κ3) is 4.11. The molecule has 0 aliphatic heterocycles. The van der Waals surface area contributed by atoms with E-state index in [1.54, 1.807) is 24.3 Å². The van der Waals surface area contributed by atoms with E-state index in [-0.39, 0.29) is 5.91 Å². The van der Waals surface area contributed by atoms with Gasteiger partial charge in [0.1, 0.15) is 11.8 Å². The summed E-state index contributed by atoms with van der Waals surface area (Å²) in [5, 5.41) is 14.7. The third-order valence-electron chi connectivity index (χ3n) is 2.90. The zero-order valence-corrected chi connectivity index (χ0v) is 11.8. The molecule has 0 aliphatic rings. The van der Waals surface area contributed by atoms with Gasteiger partial charge in [0, 0.05) is 17.8 Å². The van der Waals surface area contributed by atoms with Gasteiger partial charge in [-0.25, -0.2) is 0 Å². The van der Waals surface area contributed by atoms with Crippen LogP contribution in [0, 0.1) is 11.3 Å². The van der Waals surface area contributed by atoms with Crippen molar-refractivity contribution in [3.8, 4) is 6.07 Å². The minimum atomic E-state index is -0.0785. The van der Waals surface area contributed by atoms with Crippen LogP contribution in [0.15, 0.2) is 40.8 Å². The monoisotopic (exact) mass is 283 g/mol. The van der Waals surface area contributed by atoms with Gasteiger partial charge in [-0.05, 0) is 36.8 Å². The lowest BCUT2D eigenvalue weighted by molar-refractivity contribution is 0.0953. The number of furan rings is 1. The fraction of sp³-hybridized carbons (Fsp3) is 0.250. The highest BCUT2D eigenvalue weighted by molar-refractivity contribution is 5.95. The number of nitriles is 1. The number of rotatable bonds is 6. The smallest absolute Gasteiger partial charge is 0.251 e. The lowest BCUT2D eigenvalue weighted by Gasteiger charge is -2.07. The summed E-state index contributed by atoms with van der Waals surface area (Å²) in [7, 11) is 0. The molecule has 0 unspecified atom stereocenters. The van der Waals surface area contributed by atoms with Gasteiger partial charge < -0.3 is 15.1 Å². The van der Waals surface area contributed by atoms with Gasteiger partial charge in [-0.3, -0.25) is 4.79 Å². The maximum absolute atomic E-state index is 11.9. The molecule has 0 saturated carbocycles. The first-order valence-corrected chi connectivity index (χ1v) is 6.84. The average molecular weight is 283 g/mol. The second-order valence-corrected chi connectivity index (χ2v) is 4.57.